The monoisotopic (exact) mass is 280 g/mol. The molecule has 2 rings (SSSR count). The number of hydrogen-bond donors (Lipinski definition) is 1. The largest absolute Gasteiger partial charge is 0.383 e. The quantitative estimate of drug-likeness (QED) is 0.896. The third kappa shape index (κ3) is 2.99. The van der Waals surface area contributed by atoms with Crippen LogP contribution in [0.1, 0.15) is 25.6 Å². The maximum absolute atomic E-state index is 13.0. The Balaban J connectivity index is 2.27. The first-order valence-corrected chi connectivity index (χ1v) is 6.83. The number of nitrogens with zero attached hydrogens (tertiary/aromatic N) is 1. The molecule has 1 aliphatic rings. The number of hydrogen-bond acceptors (Lipinski definition) is 3. The molecule has 1 amide bonds. The van der Waals surface area contributed by atoms with Gasteiger partial charge in [-0.3, -0.25) is 10.1 Å². The van der Waals surface area contributed by atoms with Crippen LogP contribution >= 0.6 is 0 Å². The fourth-order valence-electron chi connectivity index (χ4n) is 2.58. The van der Waals surface area contributed by atoms with Crippen LogP contribution in [0.15, 0.2) is 24.3 Å². The van der Waals surface area contributed by atoms with Crippen molar-refractivity contribution in [2.75, 3.05) is 20.3 Å². The van der Waals surface area contributed by atoms with Gasteiger partial charge in [-0.2, -0.15) is 0 Å². The molecule has 0 aromatic heterocycles. The van der Waals surface area contributed by atoms with Crippen LogP contribution in [-0.4, -0.2) is 37.1 Å². The molecule has 4 nitrogen and oxygen atoms in total. The first-order chi connectivity index (χ1) is 9.54. The lowest BCUT2D eigenvalue weighted by molar-refractivity contribution is -0.132. The molecule has 0 spiro atoms. The molecule has 2 unspecified atom stereocenters. The molecule has 1 aromatic carbocycles. The van der Waals surface area contributed by atoms with Gasteiger partial charge in [-0.1, -0.05) is 26.0 Å². The number of methoxy groups -OCH3 is 1. The topological polar surface area (TPSA) is 41.6 Å². The number of ether oxygens (including phenoxy) is 1. The van der Waals surface area contributed by atoms with E-state index in [4.69, 9.17) is 4.74 Å². The lowest BCUT2D eigenvalue weighted by Gasteiger charge is -2.35. The van der Waals surface area contributed by atoms with Crippen LogP contribution in [0.3, 0.4) is 0 Å². The van der Waals surface area contributed by atoms with Crippen molar-refractivity contribution in [2.45, 2.75) is 26.1 Å². The highest BCUT2D eigenvalue weighted by Gasteiger charge is 2.37. The Morgan fingerprint density at radius 1 is 1.40 bits per heavy atom. The van der Waals surface area contributed by atoms with E-state index in [0.29, 0.717) is 13.2 Å². The molecular weight excluding hydrogens is 259 g/mol. The Hall–Kier alpha value is -1.46. The van der Waals surface area contributed by atoms with Crippen molar-refractivity contribution in [1.29, 1.82) is 0 Å². The lowest BCUT2D eigenvalue weighted by atomic mass is 10.0. The van der Waals surface area contributed by atoms with Crippen molar-refractivity contribution in [1.82, 2.24) is 10.2 Å². The maximum atomic E-state index is 13.0. The molecule has 0 radical (unpaired) electrons. The van der Waals surface area contributed by atoms with Crippen molar-refractivity contribution in [3.05, 3.63) is 35.6 Å². The summed E-state index contributed by atoms with van der Waals surface area (Å²) in [5, 5.41) is 3.18. The van der Waals surface area contributed by atoms with E-state index in [1.807, 2.05) is 4.90 Å². The number of carbonyl (C=O) groups excluding carboxylic acids is 1. The number of amides is 1. The number of carbonyl (C=O) groups is 1. The SMILES string of the molecule is COCC(C(C)C)N1C(=O)CNC1c1ccc(F)cc1. The second kappa shape index (κ2) is 6.33. The molecule has 20 heavy (non-hydrogen) atoms. The average molecular weight is 280 g/mol. The zero-order valence-electron chi connectivity index (χ0n) is 12.1. The van der Waals surface area contributed by atoms with Gasteiger partial charge in [-0.15, -0.1) is 0 Å². The number of benzene rings is 1. The summed E-state index contributed by atoms with van der Waals surface area (Å²) in [5.41, 5.74) is 0.888. The van der Waals surface area contributed by atoms with Crippen LogP contribution in [0.4, 0.5) is 4.39 Å². The molecule has 2 atom stereocenters. The third-order valence-electron chi connectivity index (χ3n) is 3.66. The Morgan fingerprint density at radius 3 is 2.60 bits per heavy atom. The highest BCUT2D eigenvalue weighted by Crippen LogP contribution is 2.28. The maximum Gasteiger partial charge on any atom is 0.238 e. The van der Waals surface area contributed by atoms with Gasteiger partial charge in [0.25, 0.3) is 0 Å². The lowest BCUT2D eigenvalue weighted by Crippen LogP contribution is -2.45. The van der Waals surface area contributed by atoms with E-state index in [1.165, 1.54) is 12.1 Å². The van der Waals surface area contributed by atoms with Crippen molar-refractivity contribution >= 4 is 5.91 Å². The highest BCUT2D eigenvalue weighted by molar-refractivity contribution is 5.81. The Labute approximate surface area is 118 Å². The zero-order chi connectivity index (χ0) is 14.7. The summed E-state index contributed by atoms with van der Waals surface area (Å²) in [5.74, 6) is 0.0544. The van der Waals surface area contributed by atoms with Gasteiger partial charge in [0.05, 0.1) is 19.2 Å². The van der Waals surface area contributed by atoms with Crippen LogP contribution in [0.2, 0.25) is 0 Å². The second-order valence-corrected chi connectivity index (χ2v) is 5.40. The van der Waals surface area contributed by atoms with Gasteiger partial charge in [0, 0.05) is 7.11 Å². The summed E-state index contributed by atoms with van der Waals surface area (Å²) >= 11 is 0. The summed E-state index contributed by atoms with van der Waals surface area (Å²) in [4.78, 5) is 14.0. The van der Waals surface area contributed by atoms with E-state index in [2.05, 4.69) is 19.2 Å². The van der Waals surface area contributed by atoms with Gasteiger partial charge >= 0.3 is 0 Å². The van der Waals surface area contributed by atoms with Gasteiger partial charge < -0.3 is 9.64 Å². The minimum atomic E-state index is -0.276. The molecule has 5 heteroatoms. The first-order valence-electron chi connectivity index (χ1n) is 6.83. The fourth-order valence-corrected chi connectivity index (χ4v) is 2.58. The Kier molecular flexibility index (Phi) is 4.73. The van der Waals surface area contributed by atoms with Crippen molar-refractivity contribution < 1.29 is 13.9 Å². The third-order valence-corrected chi connectivity index (χ3v) is 3.66. The van der Waals surface area contributed by atoms with E-state index in [1.54, 1.807) is 19.2 Å². The van der Waals surface area contributed by atoms with E-state index < -0.39 is 0 Å². The standard InChI is InChI=1S/C15H21FN2O2/c1-10(2)13(9-20-3)18-14(19)8-17-15(18)11-4-6-12(16)7-5-11/h4-7,10,13,15,17H,8-9H2,1-3H3. The van der Waals surface area contributed by atoms with Crippen molar-refractivity contribution in [2.24, 2.45) is 5.92 Å². The smallest absolute Gasteiger partial charge is 0.238 e. The number of halogens is 1. The normalized spacial score (nSPS) is 20.8. The Morgan fingerprint density at radius 2 is 2.05 bits per heavy atom. The number of nitrogens with one attached hydrogen (secondary N) is 1. The molecule has 110 valence electrons. The van der Waals surface area contributed by atoms with Crippen LogP contribution in [0, 0.1) is 11.7 Å². The summed E-state index contributed by atoms with van der Waals surface area (Å²) in [6, 6.07) is 6.25. The van der Waals surface area contributed by atoms with Crippen LogP contribution in [-0.2, 0) is 9.53 Å². The molecule has 0 aliphatic carbocycles. The molecule has 1 saturated heterocycles. The van der Waals surface area contributed by atoms with Gasteiger partial charge in [0.1, 0.15) is 12.0 Å². The van der Waals surface area contributed by atoms with Gasteiger partial charge in [0.15, 0.2) is 0 Å². The minimum absolute atomic E-state index is 0.00227. The number of rotatable bonds is 5. The van der Waals surface area contributed by atoms with Crippen LogP contribution < -0.4 is 5.32 Å². The van der Waals surface area contributed by atoms with Crippen LogP contribution in [0.5, 0.6) is 0 Å². The van der Waals surface area contributed by atoms with Crippen molar-refractivity contribution in [3.63, 3.8) is 0 Å². The predicted octanol–water partition coefficient (Wildman–Crippen LogP) is 1.93. The summed E-state index contributed by atoms with van der Waals surface area (Å²) in [7, 11) is 1.64. The molecule has 0 bridgehead atoms. The minimum Gasteiger partial charge on any atom is -0.383 e. The molecule has 1 aliphatic heterocycles. The average Bonchev–Trinajstić information content (AvgIpc) is 2.78. The van der Waals surface area contributed by atoms with E-state index in [9.17, 15) is 9.18 Å². The summed E-state index contributed by atoms with van der Waals surface area (Å²) in [6.07, 6.45) is -0.217. The summed E-state index contributed by atoms with van der Waals surface area (Å²) < 4.78 is 18.3. The molecule has 1 aromatic rings. The Bertz CT molecular complexity index is 461. The molecule has 1 heterocycles. The van der Waals surface area contributed by atoms with Gasteiger partial charge in [0.2, 0.25) is 5.91 Å². The predicted molar refractivity (Wildman–Crippen MR) is 74.5 cm³/mol. The zero-order valence-corrected chi connectivity index (χ0v) is 12.1. The fraction of sp³-hybridized carbons (Fsp3) is 0.533. The van der Waals surface area contributed by atoms with E-state index >= 15 is 0 Å². The molecule has 1 fully saturated rings. The highest BCUT2D eigenvalue weighted by atomic mass is 19.1. The van der Waals surface area contributed by atoms with E-state index in [-0.39, 0.29) is 29.8 Å². The molecule has 0 saturated carbocycles. The van der Waals surface area contributed by atoms with Crippen molar-refractivity contribution in [3.8, 4) is 0 Å². The molecule has 1 N–H and O–H groups in total. The van der Waals surface area contributed by atoms with Crippen LogP contribution in [0.25, 0.3) is 0 Å². The van der Waals surface area contributed by atoms with Gasteiger partial charge in [-0.05, 0) is 23.6 Å². The first kappa shape index (κ1) is 14.9. The van der Waals surface area contributed by atoms with Gasteiger partial charge in [-0.25, -0.2) is 4.39 Å². The van der Waals surface area contributed by atoms with E-state index in [0.717, 1.165) is 5.56 Å². The summed E-state index contributed by atoms with van der Waals surface area (Å²) in [6.45, 7) is 4.92. The molecular formula is C15H21FN2O2. The second-order valence-electron chi connectivity index (χ2n) is 5.40.